The molecule has 0 aliphatic carbocycles. The van der Waals surface area contributed by atoms with Gasteiger partial charge in [-0.25, -0.2) is 4.79 Å². The summed E-state index contributed by atoms with van der Waals surface area (Å²) in [5, 5.41) is 5.72. The molecule has 1 fully saturated rings. The van der Waals surface area contributed by atoms with Gasteiger partial charge in [0.1, 0.15) is 5.75 Å². The Hall–Kier alpha value is -1.75. The molecule has 22 heavy (non-hydrogen) atoms. The first kappa shape index (κ1) is 16.6. The number of nitrogens with zero attached hydrogens (tertiary/aromatic N) is 1. The van der Waals surface area contributed by atoms with E-state index in [0.717, 1.165) is 18.9 Å². The number of carbonyl (C=O) groups is 1. The van der Waals surface area contributed by atoms with Crippen LogP contribution in [-0.4, -0.2) is 44.2 Å². The van der Waals surface area contributed by atoms with E-state index in [1.54, 1.807) is 7.11 Å². The van der Waals surface area contributed by atoms with E-state index in [2.05, 4.69) is 22.5 Å². The maximum atomic E-state index is 11.9. The molecule has 1 aliphatic rings. The van der Waals surface area contributed by atoms with Crippen LogP contribution < -0.4 is 15.4 Å². The molecule has 5 nitrogen and oxygen atoms in total. The Kier molecular flexibility index (Phi) is 6.52. The number of carbonyl (C=O) groups excluding carboxylic acids is 1. The molecule has 5 heteroatoms. The van der Waals surface area contributed by atoms with E-state index in [0.29, 0.717) is 18.0 Å². The van der Waals surface area contributed by atoms with Crippen LogP contribution in [0.4, 0.5) is 10.5 Å². The second-order valence-electron chi connectivity index (χ2n) is 5.96. The summed E-state index contributed by atoms with van der Waals surface area (Å²) >= 11 is 0. The number of hydrogen-bond acceptors (Lipinski definition) is 3. The summed E-state index contributed by atoms with van der Waals surface area (Å²) in [6, 6.07) is 7.22. The van der Waals surface area contributed by atoms with E-state index >= 15 is 0 Å². The van der Waals surface area contributed by atoms with Crippen molar-refractivity contribution in [1.29, 1.82) is 0 Å². The molecule has 1 aromatic carbocycles. The molecule has 0 radical (unpaired) electrons. The highest BCUT2D eigenvalue weighted by Gasteiger charge is 2.14. The van der Waals surface area contributed by atoms with Crippen LogP contribution in [-0.2, 0) is 0 Å². The second-order valence-corrected chi connectivity index (χ2v) is 5.96. The molecule has 0 saturated carbocycles. The minimum atomic E-state index is -0.184. The molecule has 0 bridgehead atoms. The standard InChI is InChI=1S/C17H27N3O2/c1-14-8-12-20(13-9-14)11-5-10-18-17(21)19-15-6-3-4-7-16(15)22-2/h3-4,6-7,14H,5,8-13H2,1-2H3,(H2,18,19,21). The van der Waals surface area contributed by atoms with Gasteiger partial charge in [-0.15, -0.1) is 0 Å². The Bertz CT molecular complexity index is 471. The fourth-order valence-electron chi connectivity index (χ4n) is 2.70. The highest BCUT2D eigenvalue weighted by atomic mass is 16.5. The van der Waals surface area contributed by atoms with Crippen LogP contribution >= 0.6 is 0 Å². The number of urea groups is 1. The Morgan fingerprint density at radius 1 is 1.32 bits per heavy atom. The fraction of sp³-hybridized carbons (Fsp3) is 0.588. The molecule has 1 aliphatic heterocycles. The number of hydrogen-bond donors (Lipinski definition) is 2. The van der Waals surface area contributed by atoms with Crippen molar-refractivity contribution >= 4 is 11.7 Å². The predicted octanol–water partition coefficient (Wildman–Crippen LogP) is 2.94. The van der Waals surface area contributed by atoms with Gasteiger partial charge in [-0.1, -0.05) is 19.1 Å². The van der Waals surface area contributed by atoms with Crippen molar-refractivity contribution in [3.63, 3.8) is 0 Å². The molecular formula is C17H27N3O2. The summed E-state index contributed by atoms with van der Waals surface area (Å²) < 4.78 is 5.21. The average molecular weight is 305 g/mol. The Morgan fingerprint density at radius 3 is 2.77 bits per heavy atom. The number of piperidine rings is 1. The van der Waals surface area contributed by atoms with Crippen LogP contribution in [0.3, 0.4) is 0 Å². The van der Waals surface area contributed by atoms with Crippen LogP contribution in [0.15, 0.2) is 24.3 Å². The van der Waals surface area contributed by atoms with Crippen LogP contribution in [0.5, 0.6) is 5.75 Å². The molecule has 2 amide bonds. The first-order valence-electron chi connectivity index (χ1n) is 8.09. The summed E-state index contributed by atoms with van der Waals surface area (Å²) in [6.07, 6.45) is 3.57. The SMILES string of the molecule is COc1ccccc1NC(=O)NCCCN1CCC(C)CC1. The van der Waals surface area contributed by atoms with Gasteiger partial charge < -0.3 is 20.3 Å². The van der Waals surface area contributed by atoms with Crippen LogP contribution in [0.1, 0.15) is 26.2 Å². The normalized spacial score (nSPS) is 16.3. The van der Waals surface area contributed by atoms with Gasteiger partial charge in [0, 0.05) is 6.54 Å². The molecule has 0 aromatic heterocycles. The summed E-state index contributed by atoms with van der Waals surface area (Å²) in [5.74, 6) is 1.53. The van der Waals surface area contributed by atoms with E-state index in [9.17, 15) is 4.79 Å². The van der Waals surface area contributed by atoms with Crippen LogP contribution in [0.25, 0.3) is 0 Å². The minimum absolute atomic E-state index is 0.184. The minimum Gasteiger partial charge on any atom is -0.495 e. The third-order valence-electron chi connectivity index (χ3n) is 4.17. The van der Waals surface area contributed by atoms with Crippen molar-refractivity contribution in [2.75, 3.05) is 38.6 Å². The summed E-state index contributed by atoms with van der Waals surface area (Å²) in [6.45, 7) is 6.44. The molecular weight excluding hydrogens is 278 g/mol. The molecule has 1 saturated heterocycles. The third kappa shape index (κ3) is 5.22. The molecule has 2 rings (SSSR count). The Morgan fingerprint density at radius 2 is 2.05 bits per heavy atom. The number of likely N-dealkylation sites (tertiary alicyclic amines) is 1. The summed E-state index contributed by atoms with van der Waals surface area (Å²) in [4.78, 5) is 14.4. The number of anilines is 1. The molecule has 1 heterocycles. The number of benzene rings is 1. The van der Waals surface area contributed by atoms with Crippen molar-refractivity contribution < 1.29 is 9.53 Å². The van der Waals surface area contributed by atoms with Crippen molar-refractivity contribution in [1.82, 2.24) is 10.2 Å². The Balaban J connectivity index is 1.63. The number of methoxy groups -OCH3 is 1. The zero-order valence-electron chi connectivity index (χ0n) is 13.6. The first-order valence-corrected chi connectivity index (χ1v) is 8.09. The van der Waals surface area contributed by atoms with Crippen LogP contribution in [0.2, 0.25) is 0 Å². The van der Waals surface area contributed by atoms with E-state index in [1.807, 2.05) is 24.3 Å². The number of para-hydroxylation sites is 2. The molecule has 1 aromatic rings. The quantitative estimate of drug-likeness (QED) is 0.795. The molecule has 0 spiro atoms. The van der Waals surface area contributed by atoms with E-state index in [1.165, 1.54) is 25.9 Å². The van der Waals surface area contributed by atoms with Crippen molar-refractivity contribution in [2.24, 2.45) is 5.92 Å². The zero-order chi connectivity index (χ0) is 15.8. The lowest BCUT2D eigenvalue weighted by Crippen LogP contribution is -2.36. The van der Waals surface area contributed by atoms with E-state index in [-0.39, 0.29) is 6.03 Å². The smallest absolute Gasteiger partial charge is 0.319 e. The Labute approximate surface area is 133 Å². The van der Waals surface area contributed by atoms with Gasteiger partial charge in [0.25, 0.3) is 0 Å². The van der Waals surface area contributed by atoms with Gasteiger partial charge in [-0.3, -0.25) is 0 Å². The van der Waals surface area contributed by atoms with Gasteiger partial charge in [-0.2, -0.15) is 0 Å². The number of nitrogens with one attached hydrogen (secondary N) is 2. The third-order valence-corrected chi connectivity index (χ3v) is 4.17. The maximum absolute atomic E-state index is 11.9. The summed E-state index contributed by atoms with van der Waals surface area (Å²) in [7, 11) is 1.60. The number of rotatable bonds is 6. The number of amides is 2. The topological polar surface area (TPSA) is 53.6 Å². The van der Waals surface area contributed by atoms with Gasteiger partial charge in [0.05, 0.1) is 12.8 Å². The zero-order valence-corrected chi connectivity index (χ0v) is 13.6. The molecule has 0 atom stereocenters. The largest absolute Gasteiger partial charge is 0.495 e. The maximum Gasteiger partial charge on any atom is 0.319 e. The van der Waals surface area contributed by atoms with E-state index < -0.39 is 0 Å². The first-order chi connectivity index (χ1) is 10.7. The lowest BCUT2D eigenvalue weighted by atomic mass is 9.99. The fourth-order valence-corrected chi connectivity index (χ4v) is 2.70. The van der Waals surface area contributed by atoms with Crippen molar-refractivity contribution in [2.45, 2.75) is 26.2 Å². The molecule has 0 unspecified atom stereocenters. The molecule has 122 valence electrons. The molecule has 2 N–H and O–H groups in total. The average Bonchev–Trinajstić information content (AvgIpc) is 2.54. The highest BCUT2D eigenvalue weighted by Crippen LogP contribution is 2.22. The predicted molar refractivity (Wildman–Crippen MR) is 89.5 cm³/mol. The van der Waals surface area contributed by atoms with Gasteiger partial charge in [0.2, 0.25) is 0 Å². The highest BCUT2D eigenvalue weighted by molar-refractivity contribution is 5.90. The van der Waals surface area contributed by atoms with Crippen molar-refractivity contribution in [3.05, 3.63) is 24.3 Å². The van der Waals surface area contributed by atoms with Crippen LogP contribution in [0, 0.1) is 5.92 Å². The van der Waals surface area contributed by atoms with Gasteiger partial charge in [0.15, 0.2) is 0 Å². The monoisotopic (exact) mass is 305 g/mol. The van der Waals surface area contributed by atoms with E-state index in [4.69, 9.17) is 4.74 Å². The van der Waals surface area contributed by atoms with Gasteiger partial charge >= 0.3 is 6.03 Å². The van der Waals surface area contributed by atoms with Crippen molar-refractivity contribution in [3.8, 4) is 5.75 Å². The lowest BCUT2D eigenvalue weighted by molar-refractivity contribution is 0.190. The second kappa shape index (κ2) is 8.63. The lowest BCUT2D eigenvalue weighted by Gasteiger charge is -2.30. The number of ether oxygens (including phenoxy) is 1. The van der Waals surface area contributed by atoms with Gasteiger partial charge in [-0.05, 0) is 56.9 Å². The summed E-state index contributed by atoms with van der Waals surface area (Å²) in [5.41, 5.74) is 0.688.